The third-order valence-electron chi connectivity index (χ3n) is 2.90. The van der Waals surface area contributed by atoms with Crippen LogP contribution in [-0.4, -0.2) is 27.7 Å². The third-order valence-corrected chi connectivity index (χ3v) is 3.07. The highest BCUT2D eigenvalue weighted by Gasteiger charge is 2.14. The van der Waals surface area contributed by atoms with Gasteiger partial charge in [0.25, 0.3) is 0 Å². The van der Waals surface area contributed by atoms with Gasteiger partial charge in [-0.05, 0) is 29.7 Å². The highest BCUT2D eigenvalue weighted by Crippen LogP contribution is 2.23. The standard InChI is InChI=1S/C13H16ClN3O/c1-8(2)11(7-18)15-12-9-5-3-4-6-10(9)16-13(14)17-12/h3-6,8,11,18H,7H2,1-2H3,(H,15,16,17). The van der Waals surface area contributed by atoms with Crippen molar-refractivity contribution in [1.82, 2.24) is 9.97 Å². The number of nitrogens with zero attached hydrogens (tertiary/aromatic N) is 2. The second kappa shape index (κ2) is 5.50. The van der Waals surface area contributed by atoms with Crippen molar-refractivity contribution >= 4 is 28.3 Å². The van der Waals surface area contributed by atoms with E-state index in [1.165, 1.54) is 0 Å². The molecule has 0 aliphatic carbocycles. The van der Waals surface area contributed by atoms with Crippen molar-refractivity contribution in [2.45, 2.75) is 19.9 Å². The zero-order valence-corrected chi connectivity index (χ0v) is 11.1. The molecule has 1 unspecified atom stereocenters. The first-order valence-electron chi connectivity index (χ1n) is 5.91. The Bertz CT molecular complexity index is 545. The van der Waals surface area contributed by atoms with Gasteiger partial charge in [0.1, 0.15) is 5.82 Å². The number of fused-ring (bicyclic) bond motifs is 1. The minimum absolute atomic E-state index is 0.0492. The van der Waals surface area contributed by atoms with Gasteiger partial charge in [0.2, 0.25) is 5.28 Å². The highest BCUT2D eigenvalue weighted by molar-refractivity contribution is 6.28. The van der Waals surface area contributed by atoms with Crippen molar-refractivity contribution in [1.29, 1.82) is 0 Å². The number of aliphatic hydroxyl groups is 1. The molecule has 2 N–H and O–H groups in total. The van der Waals surface area contributed by atoms with Crippen LogP contribution in [0.15, 0.2) is 24.3 Å². The molecule has 2 rings (SSSR count). The summed E-state index contributed by atoms with van der Waals surface area (Å²) >= 11 is 5.91. The molecule has 0 amide bonds. The van der Waals surface area contributed by atoms with Crippen LogP contribution in [0, 0.1) is 5.92 Å². The van der Waals surface area contributed by atoms with E-state index < -0.39 is 0 Å². The fourth-order valence-corrected chi connectivity index (χ4v) is 1.93. The second-order valence-corrected chi connectivity index (χ2v) is 4.87. The van der Waals surface area contributed by atoms with Crippen LogP contribution in [-0.2, 0) is 0 Å². The summed E-state index contributed by atoms with van der Waals surface area (Å²) in [6, 6.07) is 7.59. The maximum absolute atomic E-state index is 9.36. The molecule has 4 nitrogen and oxygen atoms in total. The van der Waals surface area contributed by atoms with E-state index in [9.17, 15) is 5.11 Å². The fourth-order valence-electron chi connectivity index (χ4n) is 1.76. The number of aromatic nitrogens is 2. The van der Waals surface area contributed by atoms with Crippen LogP contribution < -0.4 is 5.32 Å². The van der Waals surface area contributed by atoms with Crippen molar-refractivity contribution < 1.29 is 5.11 Å². The molecule has 0 saturated heterocycles. The van der Waals surface area contributed by atoms with Crippen LogP contribution >= 0.6 is 11.6 Å². The number of para-hydroxylation sites is 1. The number of halogens is 1. The van der Waals surface area contributed by atoms with E-state index in [-0.39, 0.29) is 17.9 Å². The summed E-state index contributed by atoms with van der Waals surface area (Å²) in [5.41, 5.74) is 0.792. The van der Waals surface area contributed by atoms with Crippen molar-refractivity contribution in [2.24, 2.45) is 5.92 Å². The Balaban J connectivity index is 2.43. The quantitative estimate of drug-likeness (QED) is 0.835. The molecule has 96 valence electrons. The van der Waals surface area contributed by atoms with Crippen molar-refractivity contribution in [3.05, 3.63) is 29.5 Å². The molecular weight excluding hydrogens is 250 g/mol. The molecule has 0 spiro atoms. The first-order valence-corrected chi connectivity index (χ1v) is 6.29. The topological polar surface area (TPSA) is 58.0 Å². The Labute approximate surface area is 111 Å². The van der Waals surface area contributed by atoms with E-state index in [0.717, 1.165) is 10.9 Å². The number of hydrogen-bond donors (Lipinski definition) is 2. The van der Waals surface area contributed by atoms with Gasteiger partial charge in [-0.3, -0.25) is 0 Å². The molecule has 0 bridgehead atoms. The average molecular weight is 266 g/mol. The van der Waals surface area contributed by atoms with Crippen LogP contribution in [0.4, 0.5) is 5.82 Å². The smallest absolute Gasteiger partial charge is 0.224 e. The zero-order valence-electron chi connectivity index (χ0n) is 10.4. The molecule has 0 aliphatic rings. The molecule has 2 aromatic rings. The predicted molar refractivity (Wildman–Crippen MR) is 73.9 cm³/mol. The molecule has 1 aromatic carbocycles. The Morgan fingerprint density at radius 3 is 2.67 bits per heavy atom. The summed E-state index contributed by atoms with van der Waals surface area (Å²) in [5.74, 6) is 0.959. The number of anilines is 1. The first-order chi connectivity index (χ1) is 8.61. The van der Waals surface area contributed by atoms with Crippen molar-refractivity contribution in [2.75, 3.05) is 11.9 Å². The second-order valence-electron chi connectivity index (χ2n) is 4.54. The summed E-state index contributed by atoms with van der Waals surface area (Å²) in [6.07, 6.45) is 0. The van der Waals surface area contributed by atoms with Crippen LogP contribution in [0.1, 0.15) is 13.8 Å². The number of hydrogen-bond acceptors (Lipinski definition) is 4. The van der Waals surface area contributed by atoms with E-state index in [1.54, 1.807) is 0 Å². The highest BCUT2D eigenvalue weighted by atomic mass is 35.5. The summed E-state index contributed by atoms with van der Waals surface area (Å²) in [7, 11) is 0. The number of benzene rings is 1. The average Bonchev–Trinajstić information content (AvgIpc) is 2.35. The van der Waals surface area contributed by atoms with Gasteiger partial charge in [0.05, 0.1) is 18.2 Å². The van der Waals surface area contributed by atoms with Gasteiger partial charge in [-0.25, -0.2) is 9.97 Å². The lowest BCUT2D eigenvalue weighted by Crippen LogP contribution is -2.30. The monoisotopic (exact) mass is 265 g/mol. The number of rotatable bonds is 4. The molecule has 1 atom stereocenters. The van der Waals surface area contributed by atoms with Crippen LogP contribution in [0.25, 0.3) is 10.9 Å². The Hall–Kier alpha value is -1.39. The summed E-state index contributed by atoms with van der Waals surface area (Å²) in [4.78, 5) is 8.37. The molecule has 5 heteroatoms. The molecule has 0 aliphatic heterocycles. The zero-order chi connectivity index (χ0) is 13.1. The van der Waals surface area contributed by atoms with E-state index in [1.807, 2.05) is 38.1 Å². The van der Waals surface area contributed by atoms with Crippen LogP contribution in [0.3, 0.4) is 0 Å². The first kappa shape index (κ1) is 13.1. The lowest BCUT2D eigenvalue weighted by Gasteiger charge is -2.21. The molecular formula is C13H16ClN3O. The third kappa shape index (κ3) is 2.71. The SMILES string of the molecule is CC(C)C(CO)Nc1nc(Cl)nc2ccccc12. The molecule has 1 aromatic heterocycles. The number of aliphatic hydroxyl groups excluding tert-OH is 1. The Kier molecular flexibility index (Phi) is 3.99. The predicted octanol–water partition coefficient (Wildman–Crippen LogP) is 2.71. The van der Waals surface area contributed by atoms with Crippen LogP contribution in [0.2, 0.25) is 5.28 Å². The Morgan fingerprint density at radius 2 is 2.00 bits per heavy atom. The number of nitrogens with one attached hydrogen (secondary N) is 1. The summed E-state index contributed by atoms with van der Waals surface area (Å²) < 4.78 is 0. The fraction of sp³-hybridized carbons (Fsp3) is 0.385. The van der Waals surface area contributed by atoms with Gasteiger partial charge in [0.15, 0.2) is 0 Å². The summed E-state index contributed by atoms with van der Waals surface area (Å²) in [5, 5.41) is 13.7. The maximum Gasteiger partial charge on any atom is 0.224 e. The van der Waals surface area contributed by atoms with E-state index in [0.29, 0.717) is 11.7 Å². The summed E-state index contributed by atoms with van der Waals surface area (Å²) in [6.45, 7) is 4.13. The van der Waals surface area contributed by atoms with Gasteiger partial charge >= 0.3 is 0 Å². The lowest BCUT2D eigenvalue weighted by molar-refractivity contribution is 0.249. The van der Waals surface area contributed by atoms with Gasteiger partial charge in [-0.2, -0.15) is 0 Å². The molecule has 0 saturated carbocycles. The maximum atomic E-state index is 9.36. The van der Waals surface area contributed by atoms with Crippen molar-refractivity contribution in [3.8, 4) is 0 Å². The lowest BCUT2D eigenvalue weighted by atomic mass is 10.1. The minimum atomic E-state index is -0.0561. The van der Waals surface area contributed by atoms with Gasteiger partial charge < -0.3 is 10.4 Å². The van der Waals surface area contributed by atoms with E-state index in [2.05, 4.69) is 15.3 Å². The largest absolute Gasteiger partial charge is 0.394 e. The molecule has 18 heavy (non-hydrogen) atoms. The van der Waals surface area contributed by atoms with E-state index in [4.69, 9.17) is 11.6 Å². The van der Waals surface area contributed by atoms with Crippen LogP contribution in [0.5, 0.6) is 0 Å². The normalized spacial score (nSPS) is 12.9. The minimum Gasteiger partial charge on any atom is -0.394 e. The molecule has 1 heterocycles. The van der Waals surface area contributed by atoms with E-state index >= 15 is 0 Å². The van der Waals surface area contributed by atoms with Gasteiger partial charge in [-0.15, -0.1) is 0 Å². The van der Waals surface area contributed by atoms with Crippen molar-refractivity contribution in [3.63, 3.8) is 0 Å². The molecule has 0 fully saturated rings. The van der Waals surface area contributed by atoms with Gasteiger partial charge in [0, 0.05) is 5.39 Å². The molecule has 0 radical (unpaired) electrons. The van der Waals surface area contributed by atoms with Gasteiger partial charge in [-0.1, -0.05) is 26.0 Å². The Morgan fingerprint density at radius 1 is 1.28 bits per heavy atom.